The molecule has 1 amide bonds. The lowest BCUT2D eigenvalue weighted by Gasteiger charge is -1.95. The molecular weight excluding hydrogens is 192 g/mol. The lowest BCUT2D eigenvalue weighted by molar-refractivity contribution is -0.115. The number of thioether (sulfide) groups is 1. The number of carbonyl (C=O) groups excluding carboxylic acids is 1. The zero-order valence-corrected chi connectivity index (χ0v) is 8.59. The minimum Gasteiger partial charge on any atom is -0.302 e. The summed E-state index contributed by atoms with van der Waals surface area (Å²) >= 11 is 3.13. The summed E-state index contributed by atoms with van der Waals surface area (Å²) in [6.07, 6.45) is 4.24. The molecule has 66 valence electrons. The second kappa shape index (κ2) is 4.47. The Labute approximate surface area is 79.6 Å². The van der Waals surface area contributed by atoms with Gasteiger partial charge in [0.05, 0.1) is 10.4 Å². The molecule has 0 saturated carbocycles. The number of anilines is 1. The molecule has 0 bridgehead atoms. The van der Waals surface area contributed by atoms with E-state index in [1.807, 2.05) is 13.2 Å². The molecule has 0 fully saturated rings. The van der Waals surface area contributed by atoms with E-state index in [4.69, 9.17) is 0 Å². The van der Waals surface area contributed by atoms with Crippen LogP contribution in [0, 0.1) is 0 Å². The van der Waals surface area contributed by atoms with Crippen LogP contribution in [0.2, 0.25) is 0 Å². The minimum atomic E-state index is 0.0111. The van der Waals surface area contributed by atoms with Crippen LogP contribution in [0.15, 0.2) is 10.4 Å². The fraction of sp³-hybridized carbons (Fsp3) is 0.429. The standard InChI is InChI=1S/C7H10N2OS2/c1-3-5(10)9-7-8-4-6(11-2)12-7/h4H,3H2,1-2H3,(H,8,9,10). The number of nitrogens with one attached hydrogen (secondary N) is 1. The maximum absolute atomic E-state index is 10.9. The molecule has 0 aliphatic rings. The third-order valence-corrected chi connectivity index (χ3v) is 3.22. The fourth-order valence-corrected chi connectivity index (χ4v) is 1.91. The van der Waals surface area contributed by atoms with Gasteiger partial charge in [-0.15, -0.1) is 11.8 Å². The second-order valence-corrected chi connectivity index (χ2v) is 4.23. The summed E-state index contributed by atoms with van der Waals surface area (Å²) in [5, 5.41) is 3.39. The average molecular weight is 202 g/mol. The Hall–Kier alpha value is -0.550. The van der Waals surface area contributed by atoms with Gasteiger partial charge >= 0.3 is 0 Å². The predicted molar refractivity (Wildman–Crippen MR) is 52.8 cm³/mol. The molecule has 1 heterocycles. The molecule has 1 rings (SSSR count). The largest absolute Gasteiger partial charge is 0.302 e. The van der Waals surface area contributed by atoms with E-state index >= 15 is 0 Å². The van der Waals surface area contributed by atoms with Crippen molar-refractivity contribution < 1.29 is 4.79 Å². The van der Waals surface area contributed by atoms with Gasteiger partial charge in [-0.3, -0.25) is 4.79 Å². The van der Waals surface area contributed by atoms with Crippen LogP contribution in [0.3, 0.4) is 0 Å². The number of hydrogen-bond acceptors (Lipinski definition) is 4. The van der Waals surface area contributed by atoms with E-state index in [0.29, 0.717) is 11.6 Å². The lowest BCUT2D eigenvalue weighted by Crippen LogP contribution is -2.08. The smallest absolute Gasteiger partial charge is 0.225 e. The number of carbonyl (C=O) groups is 1. The number of thiazole rings is 1. The second-order valence-electron chi connectivity index (χ2n) is 2.09. The molecule has 0 saturated heterocycles. The molecule has 12 heavy (non-hydrogen) atoms. The van der Waals surface area contributed by atoms with Gasteiger partial charge in [0.25, 0.3) is 0 Å². The Kier molecular flexibility index (Phi) is 3.55. The van der Waals surface area contributed by atoms with Gasteiger partial charge in [-0.2, -0.15) is 0 Å². The molecule has 0 spiro atoms. The van der Waals surface area contributed by atoms with Crippen molar-refractivity contribution in [2.75, 3.05) is 11.6 Å². The van der Waals surface area contributed by atoms with Crippen LogP contribution in [0.4, 0.5) is 5.13 Å². The first kappa shape index (κ1) is 9.54. The van der Waals surface area contributed by atoms with Crippen molar-refractivity contribution in [2.45, 2.75) is 17.6 Å². The fourth-order valence-electron chi connectivity index (χ4n) is 0.619. The summed E-state index contributed by atoms with van der Waals surface area (Å²) in [6, 6.07) is 0. The van der Waals surface area contributed by atoms with Gasteiger partial charge in [-0.1, -0.05) is 18.3 Å². The summed E-state index contributed by atoms with van der Waals surface area (Å²) in [5.41, 5.74) is 0. The zero-order chi connectivity index (χ0) is 8.97. The number of nitrogens with zero attached hydrogens (tertiary/aromatic N) is 1. The minimum absolute atomic E-state index is 0.0111. The van der Waals surface area contributed by atoms with Crippen molar-refractivity contribution in [2.24, 2.45) is 0 Å². The highest BCUT2D eigenvalue weighted by atomic mass is 32.2. The van der Waals surface area contributed by atoms with Gasteiger partial charge in [0.2, 0.25) is 5.91 Å². The molecule has 0 aliphatic heterocycles. The van der Waals surface area contributed by atoms with Gasteiger partial charge < -0.3 is 5.32 Å². The summed E-state index contributed by atoms with van der Waals surface area (Å²) in [6.45, 7) is 1.82. The van der Waals surface area contributed by atoms with E-state index < -0.39 is 0 Å². The molecule has 0 aromatic carbocycles. The van der Waals surface area contributed by atoms with Gasteiger partial charge in [-0.05, 0) is 6.26 Å². The Morgan fingerprint density at radius 2 is 2.58 bits per heavy atom. The first-order chi connectivity index (χ1) is 5.76. The summed E-state index contributed by atoms with van der Waals surface area (Å²) in [7, 11) is 0. The normalized spacial score (nSPS) is 9.83. The highest BCUT2D eigenvalue weighted by molar-refractivity contribution is 8.00. The molecule has 0 unspecified atom stereocenters. The van der Waals surface area contributed by atoms with Crippen LogP contribution in [0.25, 0.3) is 0 Å². The van der Waals surface area contributed by atoms with Crippen LogP contribution in [0.5, 0.6) is 0 Å². The predicted octanol–water partition coefficient (Wildman–Crippen LogP) is 2.21. The molecule has 3 nitrogen and oxygen atoms in total. The number of hydrogen-bond donors (Lipinski definition) is 1. The molecule has 0 aliphatic carbocycles. The van der Waals surface area contributed by atoms with Gasteiger partial charge in [0, 0.05) is 6.42 Å². The quantitative estimate of drug-likeness (QED) is 0.764. The van der Waals surface area contributed by atoms with Crippen LogP contribution in [-0.4, -0.2) is 17.1 Å². The maximum atomic E-state index is 10.9. The summed E-state index contributed by atoms with van der Waals surface area (Å²) in [4.78, 5) is 15.0. The summed E-state index contributed by atoms with van der Waals surface area (Å²) in [5.74, 6) is 0.0111. The van der Waals surface area contributed by atoms with Crippen molar-refractivity contribution in [1.82, 2.24) is 4.98 Å². The van der Waals surface area contributed by atoms with Crippen molar-refractivity contribution >= 4 is 34.1 Å². The Bertz CT molecular complexity index is 272. The lowest BCUT2D eigenvalue weighted by atomic mass is 10.5. The van der Waals surface area contributed by atoms with Crippen molar-refractivity contribution in [1.29, 1.82) is 0 Å². The molecule has 1 aromatic rings. The van der Waals surface area contributed by atoms with Crippen LogP contribution in [0.1, 0.15) is 13.3 Å². The average Bonchev–Trinajstić information content (AvgIpc) is 2.52. The highest BCUT2D eigenvalue weighted by Gasteiger charge is 2.03. The first-order valence-electron chi connectivity index (χ1n) is 3.56. The van der Waals surface area contributed by atoms with E-state index in [1.54, 1.807) is 18.0 Å². The Morgan fingerprint density at radius 3 is 3.08 bits per heavy atom. The number of amides is 1. The van der Waals surface area contributed by atoms with E-state index in [2.05, 4.69) is 10.3 Å². The van der Waals surface area contributed by atoms with Crippen molar-refractivity contribution in [3.8, 4) is 0 Å². The Balaban J connectivity index is 2.58. The Morgan fingerprint density at radius 1 is 1.83 bits per heavy atom. The molecule has 1 N–H and O–H groups in total. The third kappa shape index (κ3) is 2.49. The van der Waals surface area contributed by atoms with Crippen molar-refractivity contribution in [3.63, 3.8) is 0 Å². The monoisotopic (exact) mass is 202 g/mol. The van der Waals surface area contributed by atoms with E-state index in [1.165, 1.54) is 11.3 Å². The van der Waals surface area contributed by atoms with Crippen LogP contribution >= 0.6 is 23.1 Å². The number of aromatic nitrogens is 1. The topological polar surface area (TPSA) is 42.0 Å². The van der Waals surface area contributed by atoms with Crippen LogP contribution in [-0.2, 0) is 4.79 Å². The van der Waals surface area contributed by atoms with Gasteiger partial charge in [-0.25, -0.2) is 4.98 Å². The van der Waals surface area contributed by atoms with Gasteiger partial charge in [0.15, 0.2) is 5.13 Å². The maximum Gasteiger partial charge on any atom is 0.225 e. The molecular formula is C7H10N2OS2. The van der Waals surface area contributed by atoms with E-state index in [0.717, 1.165) is 4.21 Å². The molecule has 0 atom stereocenters. The van der Waals surface area contributed by atoms with Gasteiger partial charge in [0.1, 0.15) is 0 Å². The third-order valence-electron chi connectivity index (χ3n) is 1.25. The van der Waals surface area contributed by atoms with Crippen LogP contribution < -0.4 is 5.32 Å². The number of rotatable bonds is 3. The highest BCUT2D eigenvalue weighted by Crippen LogP contribution is 2.25. The van der Waals surface area contributed by atoms with E-state index in [9.17, 15) is 4.79 Å². The van der Waals surface area contributed by atoms with Crippen molar-refractivity contribution in [3.05, 3.63) is 6.20 Å². The first-order valence-corrected chi connectivity index (χ1v) is 5.60. The van der Waals surface area contributed by atoms with E-state index in [-0.39, 0.29) is 5.91 Å². The summed E-state index contributed by atoms with van der Waals surface area (Å²) < 4.78 is 1.11. The zero-order valence-electron chi connectivity index (χ0n) is 6.96. The molecule has 0 radical (unpaired) electrons. The molecule has 1 aromatic heterocycles. The molecule has 5 heteroatoms. The SMILES string of the molecule is CCC(=O)Nc1ncc(SC)s1.